The molecule has 0 aromatic heterocycles. The molecule has 1 aliphatic rings. The number of carbonyl (C=O) groups excluding carboxylic acids is 2. The maximum Gasteiger partial charge on any atom is 0.475 e. The van der Waals surface area contributed by atoms with Gasteiger partial charge in [0, 0.05) is 31.5 Å². The van der Waals surface area contributed by atoms with Gasteiger partial charge in [0.1, 0.15) is 5.82 Å². The maximum atomic E-state index is 13.9. The van der Waals surface area contributed by atoms with Crippen LogP contribution in [-0.2, 0) is 9.59 Å². The van der Waals surface area contributed by atoms with Gasteiger partial charge >= 0.3 is 7.12 Å². The van der Waals surface area contributed by atoms with Crippen molar-refractivity contribution in [3.8, 4) is 0 Å². The van der Waals surface area contributed by atoms with Crippen LogP contribution in [0.2, 0.25) is 0 Å². The molecule has 3 N–H and O–H groups in total. The smallest absolute Gasteiger partial charge is 0.426 e. The molecule has 0 unspecified atom stereocenters. The number of rotatable bonds is 9. The van der Waals surface area contributed by atoms with E-state index in [2.05, 4.69) is 5.32 Å². The number of halogens is 3. The first-order valence-corrected chi connectivity index (χ1v) is 9.19. The standard InChI is InChI=1S/C18H24BF3N2O4/c1-10(2)7-17(19(27)28)23-18(26)4-3-16(25)14-5-6-24(14)15-9-12(21)11(20)8-13(15)22/h8-10,14,17,27-28H,3-7H2,1-2H3,(H,23,26)/t14-,17-/m0/s1. The van der Waals surface area contributed by atoms with Crippen molar-refractivity contribution in [1.82, 2.24) is 5.32 Å². The number of carbonyl (C=O) groups is 2. The van der Waals surface area contributed by atoms with Crippen LogP contribution in [0.5, 0.6) is 0 Å². The number of Topliss-reactive ketones (excluding diaryl/α,β-unsaturated/α-hetero) is 1. The number of hydrogen-bond donors (Lipinski definition) is 3. The van der Waals surface area contributed by atoms with Gasteiger partial charge in [0.15, 0.2) is 17.4 Å². The van der Waals surface area contributed by atoms with Gasteiger partial charge in [-0.1, -0.05) is 13.8 Å². The normalized spacial score (nSPS) is 17.3. The van der Waals surface area contributed by atoms with E-state index in [1.165, 1.54) is 4.90 Å². The fourth-order valence-corrected chi connectivity index (χ4v) is 3.19. The minimum absolute atomic E-state index is 0.128. The third kappa shape index (κ3) is 5.48. The van der Waals surface area contributed by atoms with Crippen molar-refractivity contribution in [3.05, 3.63) is 29.6 Å². The monoisotopic (exact) mass is 400 g/mol. The van der Waals surface area contributed by atoms with Gasteiger partial charge in [-0.2, -0.15) is 0 Å². The lowest BCUT2D eigenvalue weighted by Crippen LogP contribution is -2.53. The molecular formula is C18H24BF3N2O4. The molecule has 2 rings (SSSR count). The quantitative estimate of drug-likeness (QED) is 0.433. The molecule has 2 atom stereocenters. The SMILES string of the molecule is CC(C)C[C@H](NC(=O)CCC(=O)[C@@H]1CCN1c1cc(F)c(F)cc1F)B(O)O. The summed E-state index contributed by atoms with van der Waals surface area (Å²) in [5.74, 6) is -4.99. The zero-order chi connectivity index (χ0) is 21.0. The Morgan fingerprint density at radius 1 is 1.18 bits per heavy atom. The molecule has 6 nitrogen and oxygen atoms in total. The summed E-state index contributed by atoms with van der Waals surface area (Å²) in [5.41, 5.74) is -0.187. The molecule has 1 aromatic carbocycles. The third-order valence-electron chi connectivity index (χ3n) is 4.72. The van der Waals surface area contributed by atoms with Gasteiger partial charge in [0.2, 0.25) is 5.91 Å². The Morgan fingerprint density at radius 2 is 1.82 bits per heavy atom. The Morgan fingerprint density at radius 3 is 2.36 bits per heavy atom. The number of amides is 1. The van der Waals surface area contributed by atoms with Gasteiger partial charge in [-0.05, 0) is 18.8 Å². The average molecular weight is 400 g/mol. The lowest BCUT2D eigenvalue weighted by Gasteiger charge is -2.42. The first-order chi connectivity index (χ1) is 13.1. The lowest BCUT2D eigenvalue weighted by molar-refractivity contribution is -0.126. The van der Waals surface area contributed by atoms with Crippen LogP contribution >= 0.6 is 0 Å². The molecule has 1 amide bonds. The van der Waals surface area contributed by atoms with Crippen LogP contribution in [0.25, 0.3) is 0 Å². The van der Waals surface area contributed by atoms with Crippen molar-refractivity contribution < 1.29 is 32.8 Å². The predicted octanol–water partition coefficient (Wildman–Crippen LogP) is 1.57. The second-order valence-electron chi connectivity index (χ2n) is 7.40. The molecule has 1 fully saturated rings. The molecule has 1 aromatic rings. The molecule has 10 heteroatoms. The van der Waals surface area contributed by atoms with Crippen molar-refractivity contribution in [3.63, 3.8) is 0 Å². The maximum absolute atomic E-state index is 13.9. The fraction of sp³-hybridized carbons (Fsp3) is 0.556. The molecule has 0 spiro atoms. The second-order valence-corrected chi connectivity index (χ2v) is 7.40. The minimum Gasteiger partial charge on any atom is -0.426 e. The van der Waals surface area contributed by atoms with Crippen molar-refractivity contribution in [2.24, 2.45) is 5.92 Å². The predicted molar refractivity (Wildman–Crippen MR) is 97.9 cm³/mol. The van der Waals surface area contributed by atoms with Crippen molar-refractivity contribution in [1.29, 1.82) is 0 Å². The van der Waals surface area contributed by atoms with E-state index >= 15 is 0 Å². The summed E-state index contributed by atoms with van der Waals surface area (Å²) in [6.07, 6.45) is 0.492. The van der Waals surface area contributed by atoms with Gasteiger partial charge in [-0.3, -0.25) is 9.59 Å². The average Bonchev–Trinajstić information content (AvgIpc) is 2.55. The fourth-order valence-electron chi connectivity index (χ4n) is 3.19. The van der Waals surface area contributed by atoms with Crippen LogP contribution in [-0.4, -0.2) is 47.4 Å². The van der Waals surface area contributed by atoms with E-state index in [0.29, 0.717) is 25.5 Å². The summed E-state index contributed by atoms with van der Waals surface area (Å²) in [6.45, 7) is 4.05. The lowest BCUT2D eigenvalue weighted by atomic mass is 9.75. The van der Waals surface area contributed by atoms with Gasteiger partial charge < -0.3 is 20.3 Å². The molecule has 0 radical (unpaired) electrons. The Hall–Kier alpha value is -2.07. The van der Waals surface area contributed by atoms with Crippen LogP contribution in [0.4, 0.5) is 18.9 Å². The van der Waals surface area contributed by atoms with E-state index in [1.54, 1.807) is 0 Å². The van der Waals surface area contributed by atoms with Crippen molar-refractivity contribution in [2.75, 3.05) is 11.4 Å². The van der Waals surface area contributed by atoms with E-state index in [9.17, 15) is 32.8 Å². The highest BCUT2D eigenvalue weighted by molar-refractivity contribution is 6.43. The van der Waals surface area contributed by atoms with Crippen LogP contribution in [0.1, 0.15) is 39.5 Å². The second kappa shape index (κ2) is 9.42. The molecule has 28 heavy (non-hydrogen) atoms. The van der Waals surface area contributed by atoms with E-state index < -0.39 is 42.5 Å². The number of ketones is 1. The highest BCUT2D eigenvalue weighted by Crippen LogP contribution is 2.31. The highest BCUT2D eigenvalue weighted by atomic mass is 19.2. The Balaban J connectivity index is 1.91. The molecule has 1 aliphatic heterocycles. The van der Waals surface area contributed by atoms with Gasteiger partial charge in [-0.25, -0.2) is 13.2 Å². The largest absolute Gasteiger partial charge is 0.475 e. The number of nitrogens with one attached hydrogen (secondary N) is 1. The van der Waals surface area contributed by atoms with E-state index in [4.69, 9.17) is 0 Å². The van der Waals surface area contributed by atoms with Gasteiger partial charge in [0.25, 0.3) is 0 Å². The Bertz CT molecular complexity index is 733. The molecule has 0 saturated carbocycles. The number of anilines is 1. The summed E-state index contributed by atoms with van der Waals surface area (Å²) >= 11 is 0. The number of nitrogens with zero attached hydrogens (tertiary/aromatic N) is 1. The van der Waals surface area contributed by atoms with Gasteiger partial charge in [-0.15, -0.1) is 0 Å². The van der Waals surface area contributed by atoms with E-state index in [-0.39, 0.29) is 30.2 Å². The minimum atomic E-state index is -1.71. The zero-order valence-corrected chi connectivity index (χ0v) is 15.8. The molecule has 0 aliphatic carbocycles. The van der Waals surface area contributed by atoms with Crippen LogP contribution in [0.15, 0.2) is 12.1 Å². The molecule has 1 saturated heterocycles. The number of benzene rings is 1. The topological polar surface area (TPSA) is 89.9 Å². The van der Waals surface area contributed by atoms with Crippen LogP contribution in [0.3, 0.4) is 0 Å². The summed E-state index contributed by atoms with van der Waals surface area (Å²) in [4.78, 5) is 25.7. The van der Waals surface area contributed by atoms with Crippen LogP contribution in [0, 0.1) is 23.4 Å². The summed E-state index contributed by atoms with van der Waals surface area (Å²) < 4.78 is 40.4. The van der Waals surface area contributed by atoms with Crippen molar-refractivity contribution >= 4 is 24.5 Å². The molecule has 154 valence electrons. The first-order valence-electron chi connectivity index (χ1n) is 9.19. The zero-order valence-electron chi connectivity index (χ0n) is 15.8. The summed E-state index contributed by atoms with van der Waals surface area (Å²) in [6, 6.07) is 0.449. The Kier molecular flexibility index (Phi) is 7.48. The molecule has 0 bridgehead atoms. The molecular weight excluding hydrogens is 376 g/mol. The van der Waals surface area contributed by atoms with E-state index in [0.717, 1.165) is 6.07 Å². The van der Waals surface area contributed by atoms with Gasteiger partial charge in [0.05, 0.1) is 17.7 Å². The van der Waals surface area contributed by atoms with Crippen molar-refractivity contribution in [2.45, 2.75) is 51.5 Å². The summed E-state index contributed by atoms with van der Waals surface area (Å²) in [5, 5.41) is 21.1. The molecule has 1 heterocycles. The highest BCUT2D eigenvalue weighted by Gasteiger charge is 2.36. The summed E-state index contributed by atoms with van der Waals surface area (Å²) in [7, 11) is -1.71. The third-order valence-corrected chi connectivity index (χ3v) is 4.72. The number of hydrogen-bond acceptors (Lipinski definition) is 5. The van der Waals surface area contributed by atoms with E-state index in [1.807, 2.05) is 13.8 Å². The first kappa shape index (κ1) is 22.2. The Labute approximate surface area is 161 Å². The van der Waals surface area contributed by atoms with Crippen LogP contribution < -0.4 is 10.2 Å².